The number of carbonyl (C=O) groups is 2. The van der Waals surface area contributed by atoms with Gasteiger partial charge >= 0.3 is 11.9 Å². The smallest absolute Gasteiger partial charge is 0.338 e. The molecule has 0 atom stereocenters. The summed E-state index contributed by atoms with van der Waals surface area (Å²) in [6, 6.07) is 27.6. The Balaban J connectivity index is 1.39. The van der Waals surface area contributed by atoms with E-state index in [4.69, 9.17) is 18.9 Å². The number of carbonyl (C=O) groups excluding carboxylic acids is 2. The van der Waals surface area contributed by atoms with Crippen LogP contribution in [0.25, 0.3) is 0 Å². The van der Waals surface area contributed by atoms with Crippen LogP contribution < -0.4 is 0 Å². The summed E-state index contributed by atoms with van der Waals surface area (Å²) in [6.45, 7) is 3.04. The van der Waals surface area contributed by atoms with Gasteiger partial charge in [0.05, 0.1) is 24.3 Å². The van der Waals surface area contributed by atoms with E-state index in [0.717, 1.165) is 5.56 Å². The van der Waals surface area contributed by atoms with Crippen molar-refractivity contribution in [2.75, 3.05) is 46.2 Å². The van der Waals surface area contributed by atoms with Crippen LogP contribution in [0.4, 0.5) is 0 Å². The third-order valence-electron chi connectivity index (χ3n) is 5.13. The Morgan fingerprint density at radius 1 is 0.571 bits per heavy atom. The highest BCUT2D eigenvalue weighted by molar-refractivity contribution is 5.89. The largest absolute Gasteiger partial charge is 0.461 e. The molecular weight excluding hydrogens is 446 g/mol. The molecule has 35 heavy (non-hydrogen) atoms. The molecule has 7 heteroatoms. The van der Waals surface area contributed by atoms with Crippen LogP contribution in [0.2, 0.25) is 0 Å². The van der Waals surface area contributed by atoms with Crippen LogP contribution in [0.5, 0.6) is 0 Å². The summed E-state index contributed by atoms with van der Waals surface area (Å²) in [6.07, 6.45) is 0. The first-order valence-electron chi connectivity index (χ1n) is 11.6. The third-order valence-corrected chi connectivity index (χ3v) is 5.13. The first kappa shape index (κ1) is 26.1. The molecule has 0 amide bonds. The molecule has 0 aromatic heterocycles. The van der Waals surface area contributed by atoms with Gasteiger partial charge in [-0.05, 0) is 29.8 Å². The SMILES string of the molecule is O=C(OCCN(CCOCOCc1ccccc1)CCOC(=O)c1ccccc1)c1ccccc1. The van der Waals surface area contributed by atoms with Gasteiger partial charge < -0.3 is 18.9 Å². The summed E-state index contributed by atoms with van der Waals surface area (Å²) >= 11 is 0. The summed E-state index contributed by atoms with van der Waals surface area (Å²) in [5, 5.41) is 0. The first-order valence-corrected chi connectivity index (χ1v) is 11.6. The van der Waals surface area contributed by atoms with Crippen LogP contribution >= 0.6 is 0 Å². The predicted molar refractivity (Wildman–Crippen MR) is 132 cm³/mol. The van der Waals surface area contributed by atoms with Crippen molar-refractivity contribution in [1.29, 1.82) is 0 Å². The molecule has 0 heterocycles. The van der Waals surface area contributed by atoms with E-state index in [9.17, 15) is 9.59 Å². The Morgan fingerprint density at radius 3 is 1.54 bits per heavy atom. The Labute approximate surface area is 206 Å². The van der Waals surface area contributed by atoms with Gasteiger partial charge in [-0.25, -0.2) is 9.59 Å². The summed E-state index contributed by atoms with van der Waals surface area (Å²) in [5.41, 5.74) is 2.10. The van der Waals surface area contributed by atoms with E-state index >= 15 is 0 Å². The van der Waals surface area contributed by atoms with Gasteiger partial charge in [0.1, 0.15) is 20.0 Å². The fourth-order valence-corrected chi connectivity index (χ4v) is 3.23. The van der Waals surface area contributed by atoms with Crippen LogP contribution in [0, 0.1) is 0 Å². The zero-order chi connectivity index (χ0) is 24.6. The van der Waals surface area contributed by atoms with E-state index in [2.05, 4.69) is 0 Å². The molecule has 0 saturated heterocycles. The summed E-state index contributed by atoms with van der Waals surface area (Å²) in [4.78, 5) is 26.4. The maximum absolute atomic E-state index is 12.2. The van der Waals surface area contributed by atoms with E-state index in [1.807, 2.05) is 47.4 Å². The number of hydrogen-bond acceptors (Lipinski definition) is 7. The van der Waals surface area contributed by atoms with Crippen molar-refractivity contribution in [3.05, 3.63) is 108 Å². The predicted octanol–water partition coefficient (Wildman–Crippen LogP) is 4.19. The molecule has 0 bridgehead atoms. The Morgan fingerprint density at radius 2 is 1.03 bits per heavy atom. The molecule has 0 fully saturated rings. The quantitative estimate of drug-likeness (QED) is 0.185. The van der Waals surface area contributed by atoms with Crippen LogP contribution in [-0.2, 0) is 25.6 Å². The molecule has 0 aliphatic heterocycles. The second-order valence-electron chi connectivity index (χ2n) is 7.71. The number of nitrogens with zero attached hydrogens (tertiary/aromatic N) is 1. The lowest BCUT2D eigenvalue weighted by atomic mass is 10.2. The maximum Gasteiger partial charge on any atom is 0.338 e. The van der Waals surface area contributed by atoms with Gasteiger partial charge in [0.25, 0.3) is 0 Å². The van der Waals surface area contributed by atoms with Gasteiger partial charge in [0, 0.05) is 19.6 Å². The molecule has 0 radical (unpaired) electrons. The fourth-order valence-electron chi connectivity index (χ4n) is 3.23. The second-order valence-corrected chi connectivity index (χ2v) is 7.71. The van der Waals surface area contributed by atoms with Crippen molar-refractivity contribution in [2.45, 2.75) is 6.61 Å². The Hall–Kier alpha value is -3.52. The minimum Gasteiger partial charge on any atom is -0.461 e. The standard InChI is InChI=1S/C28H31NO6/c30-27(25-12-6-2-7-13-25)34-20-17-29(18-21-35-28(31)26-14-8-3-9-15-26)16-19-32-23-33-22-24-10-4-1-5-11-24/h1-15H,16-23H2. The van der Waals surface area contributed by atoms with Crippen LogP contribution in [0.15, 0.2) is 91.0 Å². The highest BCUT2D eigenvalue weighted by Gasteiger charge is 2.11. The van der Waals surface area contributed by atoms with Crippen molar-refractivity contribution in [3.8, 4) is 0 Å². The molecule has 184 valence electrons. The van der Waals surface area contributed by atoms with E-state index in [0.29, 0.717) is 44.0 Å². The number of esters is 2. The Kier molecular flexibility index (Phi) is 11.5. The Bertz CT molecular complexity index is 940. The maximum atomic E-state index is 12.2. The van der Waals surface area contributed by atoms with Crippen molar-refractivity contribution >= 4 is 11.9 Å². The van der Waals surface area contributed by atoms with Gasteiger partial charge in [-0.2, -0.15) is 0 Å². The number of rotatable bonds is 15. The molecular formula is C28H31NO6. The normalized spacial score (nSPS) is 10.8. The number of benzene rings is 3. The molecule has 0 aliphatic rings. The van der Waals surface area contributed by atoms with Crippen molar-refractivity contribution in [1.82, 2.24) is 4.90 Å². The lowest BCUT2D eigenvalue weighted by Crippen LogP contribution is -2.35. The molecule has 0 saturated carbocycles. The van der Waals surface area contributed by atoms with E-state index in [-0.39, 0.29) is 31.9 Å². The average Bonchev–Trinajstić information content (AvgIpc) is 2.91. The van der Waals surface area contributed by atoms with Crippen LogP contribution in [-0.4, -0.2) is 63.1 Å². The zero-order valence-electron chi connectivity index (χ0n) is 19.7. The highest BCUT2D eigenvalue weighted by Crippen LogP contribution is 2.04. The molecule has 3 aromatic carbocycles. The average molecular weight is 478 g/mol. The zero-order valence-corrected chi connectivity index (χ0v) is 19.7. The van der Waals surface area contributed by atoms with Crippen LogP contribution in [0.1, 0.15) is 26.3 Å². The van der Waals surface area contributed by atoms with Crippen molar-refractivity contribution in [2.24, 2.45) is 0 Å². The lowest BCUT2D eigenvalue weighted by molar-refractivity contribution is -0.0667. The number of ether oxygens (including phenoxy) is 4. The molecule has 3 rings (SSSR count). The summed E-state index contributed by atoms with van der Waals surface area (Å²) < 4.78 is 21.9. The molecule has 0 aliphatic carbocycles. The van der Waals surface area contributed by atoms with Crippen LogP contribution in [0.3, 0.4) is 0 Å². The first-order chi connectivity index (χ1) is 17.2. The number of hydrogen-bond donors (Lipinski definition) is 0. The summed E-state index contributed by atoms with van der Waals surface area (Å²) in [5.74, 6) is -0.738. The van der Waals surface area contributed by atoms with Crippen molar-refractivity contribution < 1.29 is 28.5 Å². The third kappa shape index (κ3) is 10.1. The van der Waals surface area contributed by atoms with Gasteiger partial charge in [0.2, 0.25) is 0 Å². The molecule has 0 spiro atoms. The fraction of sp³-hybridized carbons (Fsp3) is 0.286. The molecule has 7 nitrogen and oxygen atoms in total. The van der Waals surface area contributed by atoms with Gasteiger partial charge in [-0.1, -0.05) is 66.7 Å². The lowest BCUT2D eigenvalue weighted by Gasteiger charge is -2.22. The molecule has 0 unspecified atom stereocenters. The minimum absolute atomic E-state index is 0.175. The minimum atomic E-state index is -0.369. The van der Waals surface area contributed by atoms with Gasteiger partial charge in [0.15, 0.2) is 0 Å². The topological polar surface area (TPSA) is 74.3 Å². The molecule has 0 N–H and O–H groups in total. The van der Waals surface area contributed by atoms with E-state index in [1.165, 1.54) is 0 Å². The summed E-state index contributed by atoms with van der Waals surface area (Å²) in [7, 11) is 0. The second kappa shape index (κ2) is 15.4. The van der Waals surface area contributed by atoms with Gasteiger partial charge in [-0.3, -0.25) is 4.90 Å². The van der Waals surface area contributed by atoms with Crippen molar-refractivity contribution in [3.63, 3.8) is 0 Å². The monoisotopic (exact) mass is 477 g/mol. The molecule has 3 aromatic rings. The highest BCUT2D eigenvalue weighted by atomic mass is 16.7. The van der Waals surface area contributed by atoms with E-state index < -0.39 is 0 Å². The van der Waals surface area contributed by atoms with Gasteiger partial charge in [-0.15, -0.1) is 0 Å². The van der Waals surface area contributed by atoms with E-state index in [1.54, 1.807) is 48.5 Å².